The molecule has 0 saturated heterocycles. The van der Waals surface area contributed by atoms with Crippen molar-refractivity contribution in [1.82, 2.24) is 5.32 Å². The molecule has 0 rings (SSSR count). The van der Waals surface area contributed by atoms with Crippen molar-refractivity contribution in [3.63, 3.8) is 0 Å². The van der Waals surface area contributed by atoms with Crippen molar-refractivity contribution >= 4 is 0 Å². The molecule has 1 unspecified atom stereocenters. The number of nitrogens with one attached hydrogen (secondary N) is 1. The summed E-state index contributed by atoms with van der Waals surface area (Å²) in [5.41, 5.74) is 0.521. The lowest BCUT2D eigenvalue weighted by Crippen LogP contribution is -2.33. The number of hydrogen-bond acceptors (Lipinski definition) is 1. The van der Waals surface area contributed by atoms with Gasteiger partial charge in [-0.05, 0) is 30.7 Å². The zero-order valence-corrected chi connectivity index (χ0v) is 15.1. The maximum absolute atomic E-state index is 3.68. The molecule has 0 heterocycles. The molecule has 122 valence electrons. The first-order chi connectivity index (χ1) is 9.54. The van der Waals surface area contributed by atoms with Crippen molar-refractivity contribution in [2.75, 3.05) is 13.1 Å². The standard InChI is InChI=1S/C19H41N/c1-6-8-9-10-11-12-13-15-19(5,14-7-2)17-20-16-18(3)4/h18,20H,6-17H2,1-5H3. The van der Waals surface area contributed by atoms with Crippen molar-refractivity contribution < 1.29 is 0 Å². The highest BCUT2D eigenvalue weighted by Crippen LogP contribution is 2.29. The van der Waals surface area contributed by atoms with Gasteiger partial charge in [0.1, 0.15) is 0 Å². The van der Waals surface area contributed by atoms with Crippen LogP contribution < -0.4 is 5.32 Å². The minimum atomic E-state index is 0.521. The Labute approximate surface area is 129 Å². The summed E-state index contributed by atoms with van der Waals surface area (Å²) in [5, 5.41) is 3.68. The van der Waals surface area contributed by atoms with Gasteiger partial charge in [-0.3, -0.25) is 0 Å². The van der Waals surface area contributed by atoms with Gasteiger partial charge in [-0.2, -0.15) is 0 Å². The summed E-state index contributed by atoms with van der Waals surface area (Å²) in [6.45, 7) is 14.1. The van der Waals surface area contributed by atoms with Gasteiger partial charge >= 0.3 is 0 Å². The second-order valence-corrected chi connectivity index (χ2v) is 7.46. The Balaban J connectivity index is 3.76. The summed E-state index contributed by atoms with van der Waals surface area (Å²) in [5.74, 6) is 0.763. The van der Waals surface area contributed by atoms with E-state index in [-0.39, 0.29) is 0 Å². The van der Waals surface area contributed by atoms with Gasteiger partial charge < -0.3 is 5.32 Å². The van der Waals surface area contributed by atoms with Crippen LogP contribution in [0.2, 0.25) is 0 Å². The first-order valence-corrected chi connectivity index (χ1v) is 9.24. The molecule has 0 aromatic rings. The minimum absolute atomic E-state index is 0.521. The molecule has 0 aromatic carbocycles. The molecule has 1 nitrogen and oxygen atoms in total. The molecule has 1 atom stereocenters. The normalized spacial score (nSPS) is 14.7. The fraction of sp³-hybridized carbons (Fsp3) is 1.00. The molecular weight excluding hydrogens is 242 g/mol. The fourth-order valence-corrected chi connectivity index (χ4v) is 3.08. The summed E-state index contributed by atoms with van der Waals surface area (Å²) in [6.07, 6.45) is 14.1. The van der Waals surface area contributed by atoms with Crippen molar-refractivity contribution in [2.24, 2.45) is 11.3 Å². The Bertz CT molecular complexity index is 200. The highest BCUT2D eigenvalue weighted by Gasteiger charge is 2.22. The summed E-state index contributed by atoms with van der Waals surface area (Å²) >= 11 is 0. The average molecular weight is 284 g/mol. The van der Waals surface area contributed by atoms with Gasteiger partial charge in [0.2, 0.25) is 0 Å². The summed E-state index contributed by atoms with van der Waals surface area (Å²) in [4.78, 5) is 0. The molecule has 0 aromatic heterocycles. The van der Waals surface area contributed by atoms with Crippen molar-refractivity contribution in [1.29, 1.82) is 0 Å². The van der Waals surface area contributed by atoms with Crippen LogP contribution in [0.4, 0.5) is 0 Å². The monoisotopic (exact) mass is 283 g/mol. The molecule has 0 fully saturated rings. The van der Waals surface area contributed by atoms with Crippen LogP contribution in [0.25, 0.3) is 0 Å². The summed E-state index contributed by atoms with van der Waals surface area (Å²) in [7, 11) is 0. The van der Waals surface area contributed by atoms with Gasteiger partial charge in [0.25, 0.3) is 0 Å². The minimum Gasteiger partial charge on any atom is -0.316 e. The van der Waals surface area contributed by atoms with Crippen LogP contribution in [0.1, 0.15) is 98.8 Å². The van der Waals surface area contributed by atoms with E-state index in [1.807, 2.05) is 0 Å². The molecule has 0 amide bonds. The third-order valence-electron chi connectivity index (χ3n) is 4.34. The lowest BCUT2D eigenvalue weighted by molar-refractivity contribution is 0.243. The summed E-state index contributed by atoms with van der Waals surface area (Å²) < 4.78 is 0. The van der Waals surface area contributed by atoms with Crippen LogP contribution in [-0.2, 0) is 0 Å². The number of hydrogen-bond donors (Lipinski definition) is 1. The van der Waals surface area contributed by atoms with E-state index in [2.05, 4.69) is 39.9 Å². The molecule has 1 N–H and O–H groups in total. The molecular formula is C19H41N. The Morgan fingerprint density at radius 1 is 0.800 bits per heavy atom. The maximum atomic E-state index is 3.68. The summed E-state index contributed by atoms with van der Waals surface area (Å²) in [6, 6.07) is 0. The lowest BCUT2D eigenvalue weighted by Gasteiger charge is -2.30. The number of rotatable bonds is 14. The molecule has 0 radical (unpaired) electrons. The van der Waals surface area contributed by atoms with Gasteiger partial charge in [0, 0.05) is 6.54 Å². The lowest BCUT2D eigenvalue weighted by atomic mass is 9.80. The Morgan fingerprint density at radius 2 is 1.40 bits per heavy atom. The van der Waals surface area contributed by atoms with Crippen LogP contribution in [0.15, 0.2) is 0 Å². The van der Waals surface area contributed by atoms with E-state index in [9.17, 15) is 0 Å². The molecule has 0 aliphatic carbocycles. The highest BCUT2D eigenvalue weighted by molar-refractivity contribution is 4.77. The molecule has 0 aliphatic heterocycles. The van der Waals surface area contributed by atoms with Gasteiger partial charge in [-0.1, -0.05) is 86.0 Å². The Kier molecular flexibility index (Phi) is 12.7. The third-order valence-corrected chi connectivity index (χ3v) is 4.34. The third kappa shape index (κ3) is 11.8. The van der Waals surface area contributed by atoms with Gasteiger partial charge in [-0.15, -0.1) is 0 Å². The zero-order valence-electron chi connectivity index (χ0n) is 15.1. The SMILES string of the molecule is CCCCCCCCCC(C)(CCC)CNCC(C)C. The van der Waals surface area contributed by atoms with Crippen LogP contribution in [0.5, 0.6) is 0 Å². The predicted molar refractivity (Wildman–Crippen MR) is 93.3 cm³/mol. The van der Waals surface area contributed by atoms with E-state index in [1.54, 1.807) is 0 Å². The topological polar surface area (TPSA) is 12.0 Å². The largest absolute Gasteiger partial charge is 0.316 e. The molecule has 1 heteroatoms. The van der Waals surface area contributed by atoms with Gasteiger partial charge in [0.15, 0.2) is 0 Å². The molecule has 0 bridgehead atoms. The van der Waals surface area contributed by atoms with Crippen LogP contribution >= 0.6 is 0 Å². The average Bonchev–Trinajstić information content (AvgIpc) is 2.37. The van der Waals surface area contributed by atoms with E-state index in [0.717, 1.165) is 12.5 Å². The quantitative estimate of drug-likeness (QED) is 0.375. The molecule has 0 spiro atoms. The van der Waals surface area contributed by atoms with Crippen molar-refractivity contribution in [3.05, 3.63) is 0 Å². The van der Waals surface area contributed by atoms with Crippen LogP contribution in [0, 0.1) is 11.3 Å². The first-order valence-electron chi connectivity index (χ1n) is 9.24. The second-order valence-electron chi connectivity index (χ2n) is 7.46. The van der Waals surface area contributed by atoms with Crippen molar-refractivity contribution in [2.45, 2.75) is 98.8 Å². The zero-order chi connectivity index (χ0) is 15.3. The molecule has 0 saturated carbocycles. The predicted octanol–water partition coefficient (Wildman–Crippen LogP) is 6.18. The Morgan fingerprint density at radius 3 is 1.95 bits per heavy atom. The van der Waals surface area contributed by atoms with E-state index in [0.29, 0.717) is 5.41 Å². The molecule has 20 heavy (non-hydrogen) atoms. The van der Waals surface area contributed by atoms with Crippen LogP contribution in [0.3, 0.4) is 0 Å². The van der Waals surface area contributed by atoms with Crippen molar-refractivity contribution in [3.8, 4) is 0 Å². The van der Waals surface area contributed by atoms with E-state index in [4.69, 9.17) is 0 Å². The van der Waals surface area contributed by atoms with Gasteiger partial charge in [0.05, 0.1) is 0 Å². The molecule has 0 aliphatic rings. The highest BCUT2D eigenvalue weighted by atomic mass is 14.9. The van der Waals surface area contributed by atoms with E-state index < -0.39 is 0 Å². The fourth-order valence-electron chi connectivity index (χ4n) is 3.08. The smallest absolute Gasteiger partial charge is 0.000527 e. The van der Waals surface area contributed by atoms with E-state index in [1.165, 1.54) is 70.8 Å². The van der Waals surface area contributed by atoms with E-state index >= 15 is 0 Å². The number of unbranched alkanes of at least 4 members (excludes halogenated alkanes) is 6. The maximum Gasteiger partial charge on any atom is 0.000527 e. The second kappa shape index (κ2) is 12.7. The Hall–Kier alpha value is -0.0400. The van der Waals surface area contributed by atoms with Gasteiger partial charge in [-0.25, -0.2) is 0 Å². The van der Waals surface area contributed by atoms with Crippen LogP contribution in [-0.4, -0.2) is 13.1 Å². The first kappa shape index (κ1) is 20.0.